The molecule has 0 saturated heterocycles. The molecule has 0 fully saturated rings. The van der Waals surface area contributed by atoms with Gasteiger partial charge in [-0.15, -0.1) is 0 Å². The summed E-state index contributed by atoms with van der Waals surface area (Å²) in [5.74, 6) is 0. The molecule has 0 radical (unpaired) electrons. The monoisotopic (exact) mass is 664 g/mol. The molecule has 10 aromatic rings. The van der Waals surface area contributed by atoms with Gasteiger partial charge in [-0.3, -0.25) is 0 Å². The van der Waals surface area contributed by atoms with Gasteiger partial charge < -0.3 is 9.32 Å². The van der Waals surface area contributed by atoms with Gasteiger partial charge in [0.25, 0.3) is 0 Å². The molecule has 0 aliphatic heterocycles. The fourth-order valence-corrected chi connectivity index (χ4v) is 7.55. The van der Waals surface area contributed by atoms with Crippen molar-refractivity contribution in [3.63, 3.8) is 0 Å². The highest BCUT2D eigenvalue weighted by Gasteiger charge is 2.21. The highest BCUT2D eigenvalue weighted by molar-refractivity contribution is 6.14. The van der Waals surface area contributed by atoms with Crippen LogP contribution in [0.15, 0.2) is 199 Å². The molecular formula is C49H32N2O. The summed E-state index contributed by atoms with van der Waals surface area (Å²) in [5.41, 5.74) is 12.6. The van der Waals surface area contributed by atoms with Crippen LogP contribution in [0.5, 0.6) is 0 Å². The van der Waals surface area contributed by atoms with E-state index in [1.165, 1.54) is 27.5 Å². The third kappa shape index (κ3) is 5.19. The first-order valence-electron chi connectivity index (χ1n) is 17.6. The van der Waals surface area contributed by atoms with Crippen molar-refractivity contribution in [2.75, 3.05) is 4.90 Å². The molecule has 244 valence electrons. The summed E-state index contributed by atoms with van der Waals surface area (Å²) < 4.78 is 6.45. The Morgan fingerprint density at radius 1 is 0.404 bits per heavy atom. The molecule has 0 N–H and O–H groups in total. The normalized spacial score (nSPS) is 11.5. The van der Waals surface area contributed by atoms with Crippen LogP contribution in [0, 0.1) is 0 Å². The lowest BCUT2D eigenvalue weighted by atomic mass is 9.96. The van der Waals surface area contributed by atoms with Gasteiger partial charge in [0.2, 0.25) is 5.71 Å². The number of benzene rings is 8. The van der Waals surface area contributed by atoms with Crippen LogP contribution >= 0.6 is 0 Å². The van der Waals surface area contributed by atoms with Gasteiger partial charge in [0, 0.05) is 16.8 Å². The number of fused-ring (bicyclic) bond motifs is 5. The Labute approximate surface area is 301 Å². The highest BCUT2D eigenvalue weighted by Crippen LogP contribution is 2.44. The van der Waals surface area contributed by atoms with Crippen LogP contribution in [0.2, 0.25) is 0 Å². The molecule has 10 rings (SSSR count). The Balaban J connectivity index is 1.14. The third-order valence-corrected chi connectivity index (χ3v) is 10.0. The standard InChI is InChI=1S/C49H32N2O/c1-2-12-33(13-3-1)37-17-8-19-40(30-37)51(46-24-11-25-47-48(46)44-32-39-15-5-7-23-45(39)50-49(44)52-47)41-20-9-18-38(31-41)34-26-28-36(29-27-34)43-22-10-16-35-14-4-6-21-42(35)43/h1-32H. The number of anilines is 3. The number of para-hydroxylation sites is 1. The summed E-state index contributed by atoms with van der Waals surface area (Å²) >= 11 is 0. The maximum absolute atomic E-state index is 6.45. The lowest BCUT2D eigenvalue weighted by Crippen LogP contribution is -2.10. The van der Waals surface area contributed by atoms with Crippen molar-refractivity contribution in [3.8, 4) is 33.4 Å². The van der Waals surface area contributed by atoms with E-state index in [4.69, 9.17) is 9.40 Å². The molecular weight excluding hydrogens is 633 g/mol. The third-order valence-electron chi connectivity index (χ3n) is 10.0. The Morgan fingerprint density at radius 3 is 1.79 bits per heavy atom. The molecule has 0 unspecified atom stereocenters. The molecule has 2 heterocycles. The number of hydrogen-bond donors (Lipinski definition) is 0. The van der Waals surface area contributed by atoms with Gasteiger partial charge in [0.1, 0.15) is 5.58 Å². The lowest BCUT2D eigenvalue weighted by Gasteiger charge is -2.27. The van der Waals surface area contributed by atoms with Crippen molar-refractivity contribution < 1.29 is 4.42 Å². The average molecular weight is 665 g/mol. The second-order valence-electron chi connectivity index (χ2n) is 13.2. The number of furan rings is 1. The van der Waals surface area contributed by atoms with E-state index in [1.54, 1.807) is 0 Å². The molecule has 0 saturated carbocycles. The van der Waals surface area contributed by atoms with Gasteiger partial charge in [-0.25, -0.2) is 4.98 Å². The van der Waals surface area contributed by atoms with Crippen molar-refractivity contribution in [2.45, 2.75) is 0 Å². The topological polar surface area (TPSA) is 29.3 Å². The summed E-state index contributed by atoms with van der Waals surface area (Å²) in [6.07, 6.45) is 0. The lowest BCUT2D eigenvalue weighted by molar-refractivity contribution is 0.656. The molecule has 2 aromatic heterocycles. The molecule has 0 atom stereocenters. The van der Waals surface area contributed by atoms with E-state index in [0.717, 1.165) is 61.0 Å². The fourth-order valence-electron chi connectivity index (χ4n) is 7.55. The highest BCUT2D eigenvalue weighted by atomic mass is 16.3. The second kappa shape index (κ2) is 12.4. The summed E-state index contributed by atoms with van der Waals surface area (Å²) in [6.45, 7) is 0. The number of hydrogen-bond acceptors (Lipinski definition) is 3. The molecule has 0 spiro atoms. The van der Waals surface area contributed by atoms with E-state index in [9.17, 15) is 0 Å². The van der Waals surface area contributed by atoms with Gasteiger partial charge in [-0.1, -0.05) is 146 Å². The van der Waals surface area contributed by atoms with Crippen molar-refractivity contribution in [1.29, 1.82) is 0 Å². The Hall–Kier alpha value is -6.97. The molecule has 0 aliphatic rings. The van der Waals surface area contributed by atoms with Gasteiger partial charge >= 0.3 is 0 Å². The predicted octanol–water partition coefficient (Wildman–Crippen LogP) is 13.8. The molecule has 3 nitrogen and oxygen atoms in total. The van der Waals surface area contributed by atoms with E-state index in [-0.39, 0.29) is 0 Å². The van der Waals surface area contributed by atoms with Crippen LogP contribution in [-0.2, 0) is 0 Å². The zero-order valence-electron chi connectivity index (χ0n) is 28.3. The molecule has 0 aliphatic carbocycles. The smallest absolute Gasteiger partial charge is 0.227 e. The van der Waals surface area contributed by atoms with Crippen LogP contribution in [0.25, 0.3) is 77.1 Å². The quantitative estimate of drug-likeness (QED) is 0.177. The molecule has 52 heavy (non-hydrogen) atoms. The Kier molecular flexibility index (Phi) is 7.14. The van der Waals surface area contributed by atoms with Crippen molar-refractivity contribution >= 4 is 60.8 Å². The van der Waals surface area contributed by atoms with E-state index < -0.39 is 0 Å². The van der Waals surface area contributed by atoms with Gasteiger partial charge in [0.05, 0.1) is 22.0 Å². The van der Waals surface area contributed by atoms with E-state index in [0.29, 0.717) is 5.71 Å². The Morgan fingerprint density at radius 2 is 1.00 bits per heavy atom. The largest absolute Gasteiger partial charge is 0.438 e. The maximum atomic E-state index is 6.45. The minimum atomic E-state index is 0.638. The van der Waals surface area contributed by atoms with Crippen molar-refractivity contribution in [2.24, 2.45) is 0 Å². The van der Waals surface area contributed by atoms with Crippen LogP contribution in [0.1, 0.15) is 0 Å². The SMILES string of the molecule is c1ccc(-c2cccc(N(c3cccc(-c4ccc(-c5cccc6ccccc56)cc4)c3)c3cccc4oc5nc6ccccc6cc5c34)c2)cc1. The molecule has 8 aromatic carbocycles. The van der Waals surface area contributed by atoms with Gasteiger partial charge in [-0.2, -0.15) is 0 Å². The summed E-state index contributed by atoms with van der Waals surface area (Å²) in [6, 6.07) is 68.9. The summed E-state index contributed by atoms with van der Waals surface area (Å²) in [5, 5.41) is 5.62. The van der Waals surface area contributed by atoms with Crippen LogP contribution in [0.4, 0.5) is 17.1 Å². The maximum Gasteiger partial charge on any atom is 0.227 e. The first kappa shape index (κ1) is 29.9. The molecule has 0 bridgehead atoms. The number of pyridine rings is 1. The van der Waals surface area contributed by atoms with E-state index >= 15 is 0 Å². The van der Waals surface area contributed by atoms with Gasteiger partial charge in [0.15, 0.2) is 0 Å². The minimum Gasteiger partial charge on any atom is -0.438 e. The van der Waals surface area contributed by atoms with Crippen molar-refractivity contribution in [1.82, 2.24) is 4.98 Å². The summed E-state index contributed by atoms with van der Waals surface area (Å²) in [7, 11) is 0. The first-order chi connectivity index (χ1) is 25.8. The predicted molar refractivity (Wildman–Crippen MR) is 218 cm³/mol. The second-order valence-corrected chi connectivity index (χ2v) is 13.2. The number of aromatic nitrogens is 1. The number of rotatable bonds is 6. The Bertz CT molecular complexity index is 2900. The first-order valence-corrected chi connectivity index (χ1v) is 17.6. The summed E-state index contributed by atoms with van der Waals surface area (Å²) in [4.78, 5) is 7.28. The zero-order valence-corrected chi connectivity index (χ0v) is 28.3. The average Bonchev–Trinajstić information content (AvgIpc) is 3.58. The molecule has 0 amide bonds. The van der Waals surface area contributed by atoms with Crippen LogP contribution in [-0.4, -0.2) is 4.98 Å². The van der Waals surface area contributed by atoms with E-state index in [2.05, 4.69) is 181 Å². The van der Waals surface area contributed by atoms with Crippen LogP contribution in [0.3, 0.4) is 0 Å². The molecule has 3 heteroatoms. The van der Waals surface area contributed by atoms with Gasteiger partial charge in [-0.05, 0) is 92.7 Å². The minimum absolute atomic E-state index is 0.638. The van der Waals surface area contributed by atoms with Crippen LogP contribution < -0.4 is 4.90 Å². The number of nitrogens with zero attached hydrogens (tertiary/aromatic N) is 2. The fraction of sp³-hybridized carbons (Fsp3) is 0. The zero-order chi connectivity index (χ0) is 34.4. The van der Waals surface area contributed by atoms with Crippen molar-refractivity contribution in [3.05, 3.63) is 194 Å². The van der Waals surface area contributed by atoms with E-state index in [1.807, 2.05) is 18.2 Å².